The largest absolute Gasteiger partial charge is 0.412 e. The van der Waals surface area contributed by atoms with Gasteiger partial charge in [-0.25, -0.2) is 0 Å². The van der Waals surface area contributed by atoms with Crippen molar-refractivity contribution < 1.29 is 15.1 Å². The molecule has 0 rings (SSSR count). The van der Waals surface area contributed by atoms with Crippen LogP contribution in [0.15, 0.2) is 0 Å². The molecule has 2 N–H and O–H groups in total. The summed E-state index contributed by atoms with van der Waals surface area (Å²) < 4.78 is -1.72. The first-order valence-corrected chi connectivity index (χ1v) is 2.51. The van der Waals surface area contributed by atoms with Gasteiger partial charge < -0.3 is 10.3 Å². The molecule has 56 valence electrons. The molecule has 0 aliphatic carbocycles. The zero-order valence-corrected chi connectivity index (χ0v) is 6.50. The number of carbonyl (C=O) groups excluding carboxylic acids is 2. The van der Waals surface area contributed by atoms with Gasteiger partial charge >= 0.3 is 0 Å². The van der Waals surface area contributed by atoms with Gasteiger partial charge in [0.25, 0.3) is 0 Å². The molecule has 3 nitrogen and oxygen atoms in total. The van der Waals surface area contributed by atoms with E-state index >= 15 is 0 Å². The highest BCUT2D eigenvalue weighted by molar-refractivity contribution is 6.74. The molecule has 0 aromatic heterocycles. The lowest BCUT2D eigenvalue weighted by atomic mass is 10.9. The number of rotatable bonds is 0. The standard InChI is InChI=1S/C2HCl3O.CH2O.H2O/c3-2(4,5)1-6;1-2;/h1H;1H2;1H2. The fraction of sp³-hybridized carbons (Fsp3) is 0.333. The topological polar surface area (TPSA) is 65.6 Å². The normalized spacial score (nSPS) is 7.89. The second-order valence-corrected chi connectivity index (χ2v) is 3.03. The number of halogens is 3. The van der Waals surface area contributed by atoms with Crippen LogP contribution in [0.3, 0.4) is 0 Å². The Kier molecular flexibility index (Phi) is 14.6. The van der Waals surface area contributed by atoms with Gasteiger partial charge in [0.05, 0.1) is 0 Å². The van der Waals surface area contributed by atoms with Gasteiger partial charge in [-0.05, 0) is 0 Å². The van der Waals surface area contributed by atoms with Gasteiger partial charge in [-0.2, -0.15) is 0 Å². The zero-order valence-electron chi connectivity index (χ0n) is 4.23. The lowest BCUT2D eigenvalue weighted by molar-refractivity contribution is -0.107. The Hall–Kier alpha value is 0.170. The van der Waals surface area contributed by atoms with Crippen LogP contribution in [0.4, 0.5) is 0 Å². The third-order valence-electron chi connectivity index (χ3n) is 0.134. The van der Waals surface area contributed by atoms with Crippen LogP contribution in [0.5, 0.6) is 0 Å². The summed E-state index contributed by atoms with van der Waals surface area (Å²) in [6.45, 7) is 2.00. The minimum atomic E-state index is -1.72. The van der Waals surface area contributed by atoms with Crippen molar-refractivity contribution in [3.8, 4) is 0 Å². The van der Waals surface area contributed by atoms with Crippen molar-refractivity contribution in [1.82, 2.24) is 0 Å². The van der Waals surface area contributed by atoms with E-state index in [9.17, 15) is 4.79 Å². The van der Waals surface area contributed by atoms with Gasteiger partial charge in [-0.1, -0.05) is 34.8 Å². The van der Waals surface area contributed by atoms with E-state index in [1.54, 1.807) is 0 Å². The van der Waals surface area contributed by atoms with E-state index in [0.29, 0.717) is 0 Å². The highest BCUT2D eigenvalue weighted by atomic mass is 35.6. The van der Waals surface area contributed by atoms with Crippen molar-refractivity contribution in [2.45, 2.75) is 3.79 Å². The maximum atomic E-state index is 9.43. The predicted molar refractivity (Wildman–Crippen MR) is 37.1 cm³/mol. The maximum absolute atomic E-state index is 9.43. The Bertz CT molecular complexity index is 69.2. The number of hydrogen-bond donors (Lipinski definition) is 0. The summed E-state index contributed by atoms with van der Waals surface area (Å²) in [6.07, 6.45) is 0.234. The summed E-state index contributed by atoms with van der Waals surface area (Å²) in [5.74, 6) is 0. The number of hydrogen-bond acceptors (Lipinski definition) is 2. The summed E-state index contributed by atoms with van der Waals surface area (Å²) >= 11 is 14.6. The van der Waals surface area contributed by atoms with E-state index in [0.717, 1.165) is 0 Å². The monoisotopic (exact) mass is 194 g/mol. The van der Waals surface area contributed by atoms with Gasteiger partial charge in [0, 0.05) is 0 Å². The van der Waals surface area contributed by atoms with Crippen LogP contribution >= 0.6 is 34.8 Å². The van der Waals surface area contributed by atoms with Crippen molar-refractivity contribution >= 4 is 47.9 Å². The Labute approximate surface area is 67.2 Å². The van der Waals surface area contributed by atoms with Gasteiger partial charge in [-0.3, -0.25) is 4.79 Å². The minimum Gasteiger partial charge on any atom is -0.412 e. The molecule has 6 heteroatoms. The van der Waals surface area contributed by atoms with Crippen LogP contribution in [0.25, 0.3) is 0 Å². The molecule has 0 bridgehead atoms. The first kappa shape index (κ1) is 16.1. The van der Waals surface area contributed by atoms with E-state index in [1.165, 1.54) is 0 Å². The second-order valence-electron chi connectivity index (χ2n) is 0.659. The molecule has 0 saturated carbocycles. The maximum Gasteiger partial charge on any atom is 0.245 e. The molecule has 0 atom stereocenters. The van der Waals surface area contributed by atoms with Crippen molar-refractivity contribution in [1.29, 1.82) is 0 Å². The third-order valence-corrected chi connectivity index (χ3v) is 0.401. The SMILES string of the molecule is C=O.O.O=CC(Cl)(Cl)Cl. The van der Waals surface area contributed by atoms with E-state index in [-0.39, 0.29) is 11.8 Å². The quantitative estimate of drug-likeness (QED) is 0.418. The third kappa shape index (κ3) is 31.0. The Morgan fingerprint density at radius 1 is 1.22 bits per heavy atom. The van der Waals surface area contributed by atoms with Crippen LogP contribution in [-0.4, -0.2) is 22.3 Å². The molecule has 0 aliphatic heterocycles. The van der Waals surface area contributed by atoms with Crippen molar-refractivity contribution in [2.75, 3.05) is 0 Å². The predicted octanol–water partition coefficient (Wildman–Crippen LogP) is 0.546. The summed E-state index contributed by atoms with van der Waals surface area (Å²) in [6, 6.07) is 0. The summed E-state index contributed by atoms with van der Waals surface area (Å²) in [5, 5.41) is 0. The average molecular weight is 195 g/mol. The van der Waals surface area contributed by atoms with Crippen LogP contribution in [0.2, 0.25) is 0 Å². The van der Waals surface area contributed by atoms with Crippen LogP contribution in [0, 0.1) is 0 Å². The molecule has 0 aliphatic rings. The smallest absolute Gasteiger partial charge is 0.245 e. The van der Waals surface area contributed by atoms with Crippen molar-refractivity contribution in [2.24, 2.45) is 0 Å². The van der Waals surface area contributed by atoms with E-state index in [2.05, 4.69) is 0 Å². The lowest BCUT2D eigenvalue weighted by Gasteiger charge is -1.93. The lowest BCUT2D eigenvalue weighted by Crippen LogP contribution is -2.00. The molecule has 0 aromatic carbocycles. The van der Waals surface area contributed by atoms with E-state index < -0.39 is 3.79 Å². The van der Waals surface area contributed by atoms with Gasteiger partial charge in [0.1, 0.15) is 6.79 Å². The average Bonchev–Trinajstić information content (AvgIpc) is 1.71. The minimum absolute atomic E-state index is 0. The highest BCUT2D eigenvalue weighted by Gasteiger charge is 2.16. The first-order valence-electron chi connectivity index (χ1n) is 1.38. The molecule has 0 aromatic rings. The molecule has 0 radical (unpaired) electrons. The molecule has 0 heterocycles. The summed E-state index contributed by atoms with van der Waals surface area (Å²) in [7, 11) is 0. The first-order chi connectivity index (χ1) is 3.56. The molecule has 0 saturated heterocycles. The molecular weight excluding hydrogens is 190 g/mol. The van der Waals surface area contributed by atoms with E-state index in [1.807, 2.05) is 6.79 Å². The molecule has 0 amide bonds. The van der Waals surface area contributed by atoms with Crippen molar-refractivity contribution in [3.05, 3.63) is 0 Å². The summed E-state index contributed by atoms with van der Waals surface area (Å²) in [5.41, 5.74) is 0. The molecule has 0 fully saturated rings. The second kappa shape index (κ2) is 8.17. The fourth-order valence-corrected chi connectivity index (χ4v) is 0. The number of aldehydes is 1. The van der Waals surface area contributed by atoms with Crippen LogP contribution in [0.1, 0.15) is 0 Å². The molecule has 9 heavy (non-hydrogen) atoms. The Morgan fingerprint density at radius 3 is 1.33 bits per heavy atom. The zero-order chi connectivity index (χ0) is 7.21. The fourth-order valence-electron chi connectivity index (χ4n) is 0. The molecule has 0 unspecified atom stereocenters. The molecular formula is C3H5Cl3O3. The van der Waals surface area contributed by atoms with Gasteiger partial charge in [0.15, 0.2) is 6.29 Å². The Morgan fingerprint density at radius 2 is 1.33 bits per heavy atom. The molecule has 0 spiro atoms. The number of alkyl halides is 3. The van der Waals surface area contributed by atoms with Gasteiger partial charge in [-0.15, -0.1) is 0 Å². The highest BCUT2D eigenvalue weighted by Crippen LogP contribution is 2.21. The number of carbonyl (C=O) groups is 2. The van der Waals surface area contributed by atoms with Gasteiger partial charge in [0.2, 0.25) is 3.79 Å². The van der Waals surface area contributed by atoms with Crippen LogP contribution < -0.4 is 0 Å². The van der Waals surface area contributed by atoms with Crippen LogP contribution in [-0.2, 0) is 9.59 Å². The van der Waals surface area contributed by atoms with E-state index in [4.69, 9.17) is 39.6 Å². The Balaban J connectivity index is -0.000000109. The van der Waals surface area contributed by atoms with Crippen molar-refractivity contribution in [3.63, 3.8) is 0 Å². The summed E-state index contributed by atoms with van der Waals surface area (Å²) in [4.78, 5) is 17.4.